The van der Waals surface area contributed by atoms with Gasteiger partial charge in [0.05, 0.1) is 5.84 Å². The van der Waals surface area contributed by atoms with Crippen LogP contribution in [0.4, 0.5) is 0 Å². The first-order valence-electron chi connectivity index (χ1n) is 4.83. The topological polar surface area (TPSA) is 53.1 Å². The molecule has 0 aliphatic heterocycles. The summed E-state index contributed by atoms with van der Waals surface area (Å²) in [6, 6.07) is 0. The summed E-state index contributed by atoms with van der Waals surface area (Å²) in [6.07, 6.45) is 1.70. The van der Waals surface area contributed by atoms with Gasteiger partial charge in [-0.2, -0.15) is 0 Å². The Labute approximate surface area is 81.8 Å². The standard InChI is InChI=1S/C10H23N3/c1-10(2,3)8-13(4)7-5-6-9(11)12/h5-8H2,1-4H3,(H3,11,12). The predicted molar refractivity (Wildman–Crippen MR) is 58.1 cm³/mol. The van der Waals surface area contributed by atoms with Gasteiger partial charge in [-0.05, 0) is 25.4 Å². The summed E-state index contributed by atoms with van der Waals surface area (Å²) in [5, 5.41) is 7.08. The molecule has 3 heteroatoms. The maximum Gasteiger partial charge on any atom is 0.0905 e. The third-order valence-corrected chi connectivity index (χ3v) is 1.73. The molecule has 0 unspecified atom stereocenters. The first-order valence-corrected chi connectivity index (χ1v) is 4.83. The Morgan fingerprint density at radius 1 is 1.38 bits per heavy atom. The van der Waals surface area contributed by atoms with E-state index >= 15 is 0 Å². The van der Waals surface area contributed by atoms with Crippen LogP contribution in [0.5, 0.6) is 0 Å². The lowest BCUT2D eigenvalue weighted by Crippen LogP contribution is -2.30. The lowest BCUT2D eigenvalue weighted by Gasteiger charge is -2.26. The van der Waals surface area contributed by atoms with E-state index in [0.29, 0.717) is 17.7 Å². The molecule has 0 bridgehead atoms. The van der Waals surface area contributed by atoms with Crippen LogP contribution in [0.3, 0.4) is 0 Å². The second-order valence-corrected chi connectivity index (χ2v) is 4.93. The zero-order valence-corrected chi connectivity index (χ0v) is 9.35. The van der Waals surface area contributed by atoms with E-state index in [1.165, 1.54) is 0 Å². The van der Waals surface area contributed by atoms with Gasteiger partial charge in [0.25, 0.3) is 0 Å². The maximum atomic E-state index is 7.08. The molecule has 0 radical (unpaired) electrons. The van der Waals surface area contributed by atoms with Gasteiger partial charge in [-0.15, -0.1) is 0 Å². The molecule has 0 aromatic heterocycles. The second-order valence-electron chi connectivity index (χ2n) is 4.93. The quantitative estimate of drug-likeness (QED) is 0.506. The number of rotatable bonds is 5. The van der Waals surface area contributed by atoms with E-state index in [1.54, 1.807) is 0 Å². The van der Waals surface area contributed by atoms with E-state index in [1.807, 2.05) is 0 Å². The van der Waals surface area contributed by atoms with E-state index in [0.717, 1.165) is 19.5 Å². The van der Waals surface area contributed by atoms with Crippen LogP contribution < -0.4 is 5.73 Å². The highest BCUT2D eigenvalue weighted by Crippen LogP contribution is 2.14. The van der Waals surface area contributed by atoms with Crippen LogP contribution in [-0.2, 0) is 0 Å². The van der Waals surface area contributed by atoms with Gasteiger partial charge < -0.3 is 10.6 Å². The van der Waals surface area contributed by atoms with Gasteiger partial charge in [0.1, 0.15) is 0 Å². The van der Waals surface area contributed by atoms with Crippen molar-refractivity contribution in [2.75, 3.05) is 20.1 Å². The summed E-state index contributed by atoms with van der Waals surface area (Å²) in [4.78, 5) is 2.29. The van der Waals surface area contributed by atoms with Crippen molar-refractivity contribution < 1.29 is 0 Å². The number of nitrogens with one attached hydrogen (secondary N) is 1. The highest BCUT2D eigenvalue weighted by Gasteiger charge is 2.12. The van der Waals surface area contributed by atoms with Gasteiger partial charge in [0, 0.05) is 13.0 Å². The van der Waals surface area contributed by atoms with Gasteiger partial charge in [-0.3, -0.25) is 5.41 Å². The molecule has 0 heterocycles. The average molecular weight is 185 g/mol. The van der Waals surface area contributed by atoms with Crippen LogP contribution in [0, 0.1) is 10.8 Å². The van der Waals surface area contributed by atoms with E-state index < -0.39 is 0 Å². The molecule has 0 aliphatic rings. The van der Waals surface area contributed by atoms with E-state index in [-0.39, 0.29) is 0 Å². The van der Waals surface area contributed by atoms with Crippen molar-refractivity contribution >= 4 is 5.84 Å². The molecule has 0 saturated carbocycles. The normalized spacial score (nSPS) is 12.1. The molecule has 0 atom stereocenters. The smallest absolute Gasteiger partial charge is 0.0905 e. The van der Waals surface area contributed by atoms with Crippen molar-refractivity contribution in [3.05, 3.63) is 0 Å². The summed E-state index contributed by atoms with van der Waals surface area (Å²) in [7, 11) is 2.12. The Morgan fingerprint density at radius 2 is 1.92 bits per heavy atom. The first-order chi connectivity index (χ1) is 5.81. The molecule has 0 aromatic rings. The minimum Gasteiger partial charge on any atom is -0.388 e. The number of hydrogen-bond donors (Lipinski definition) is 2. The zero-order chi connectivity index (χ0) is 10.5. The van der Waals surface area contributed by atoms with Gasteiger partial charge in [0.2, 0.25) is 0 Å². The molecular weight excluding hydrogens is 162 g/mol. The fraction of sp³-hybridized carbons (Fsp3) is 0.900. The first kappa shape index (κ1) is 12.4. The molecule has 0 amide bonds. The molecule has 3 N–H and O–H groups in total. The van der Waals surface area contributed by atoms with Crippen LogP contribution in [0.25, 0.3) is 0 Å². The number of nitrogens with two attached hydrogens (primary N) is 1. The Morgan fingerprint density at radius 3 is 2.31 bits per heavy atom. The van der Waals surface area contributed by atoms with Gasteiger partial charge >= 0.3 is 0 Å². The Kier molecular flexibility index (Phi) is 4.99. The Balaban J connectivity index is 3.52. The third-order valence-electron chi connectivity index (χ3n) is 1.73. The van der Waals surface area contributed by atoms with Crippen molar-refractivity contribution in [3.8, 4) is 0 Å². The van der Waals surface area contributed by atoms with Gasteiger partial charge in [-0.25, -0.2) is 0 Å². The highest BCUT2D eigenvalue weighted by molar-refractivity contribution is 5.76. The summed E-state index contributed by atoms with van der Waals surface area (Å²) in [6.45, 7) is 8.80. The third kappa shape index (κ3) is 9.34. The maximum absolute atomic E-state index is 7.08. The minimum absolute atomic E-state index is 0.296. The van der Waals surface area contributed by atoms with Gasteiger partial charge in [0.15, 0.2) is 0 Å². The molecule has 0 aromatic carbocycles. The predicted octanol–water partition coefficient (Wildman–Crippen LogP) is 1.68. The van der Waals surface area contributed by atoms with Crippen molar-refractivity contribution in [2.24, 2.45) is 11.1 Å². The van der Waals surface area contributed by atoms with E-state index in [9.17, 15) is 0 Å². The Bertz CT molecular complexity index is 158. The molecule has 0 saturated heterocycles. The van der Waals surface area contributed by atoms with Crippen LogP contribution in [0.2, 0.25) is 0 Å². The van der Waals surface area contributed by atoms with Crippen LogP contribution in [0.15, 0.2) is 0 Å². The molecule has 0 fully saturated rings. The van der Waals surface area contributed by atoms with E-state index in [4.69, 9.17) is 11.1 Å². The lowest BCUT2D eigenvalue weighted by molar-refractivity contribution is 0.226. The van der Waals surface area contributed by atoms with Crippen molar-refractivity contribution in [2.45, 2.75) is 33.6 Å². The molecular formula is C10H23N3. The van der Waals surface area contributed by atoms with Crippen LogP contribution in [0.1, 0.15) is 33.6 Å². The second kappa shape index (κ2) is 5.22. The molecule has 78 valence electrons. The molecule has 3 nitrogen and oxygen atoms in total. The fourth-order valence-electron chi connectivity index (χ4n) is 1.43. The lowest BCUT2D eigenvalue weighted by atomic mass is 9.96. The van der Waals surface area contributed by atoms with Crippen molar-refractivity contribution in [3.63, 3.8) is 0 Å². The summed E-state index contributed by atoms with van der Waals surface area (Å²) >= 11 is 0. The largest absolute Gasteiger partial charge is 0.388 e. The highest BCUT2D eigenvalue weighted by atomic mass is 15.1. The van der Waals surface area contributed by atoms with Crippen molar-refractivity contribution in [1.29, 1.82) is 5.41 Å². The van der Waals surface area contributed by atoms with Crippen molar-refractivity contribution in [1.82, 2.24) is 4.90 Å². The number of amidine groups is 1. The fourth-order valence-corrected chi connectivity index (χ4v) is 1.43. The summed E-state index contributed by atoms with van der Waals surface area (Å²) < 4.78 is 0. The minimum atomic E-state index is 0.296. The summed E-state index contributed by atoms with van der Waals surface area (Å²) in [5.41, 5.74) is 5.62. The van der Waals surface area contributed by atoms with Gasteiger partial charge in [-0.1, -0.05) is 20.8 Å². The SMILES string of the molecule is CN(CCCC(=N)N)CC(C)(C)C. The average Bonchev–Trinajstić information content (AvgIpc) is 1.81. The molecule has 13 heavy (non-hydrogen) atoms. The zero-order valence-electron chi connectivity index (χ0n) is 9.35. The summed E-state index contributed by atoms with van der Waals surface area (Å²) in [5.74, 6) is 0.296. The molecule has 0 spiro atoms. The Hall–Kier alpha value is -0.570. The number of hydrogen-bond acceptors (Lipinski definition) is 2. The molecule has 0 aliphatic carbocycles. The van der Waals surface area contributed by atoms with Crippen LogP contribution in [-0.4, -0.2) is 30.9 Å². The monoisotopic (exact) mass is 185 g/mol. The number of nitrogens with zero attached hydrogens (tertiary/aromatic N) is 1. The van der Waals surface area contributed by atoms with Crippen LogP contribution >= 0.6 is 0 Å². The molecule has 0 rings (SSSR count). The van der Waals surface area contributed by atoms with E-state index in [2.05, 4.69) is 32.7 Å².